The topological polar surface area (TPSA) is 122 Å². The molecule has 1 rings (SSSR count). The van der Waals surface area contributed by atoms with Crippen molar-refractivity contribution in [2.75, 3.05) is 5.32 Å². The summed E-state index contributed by atoms with van der Waals surface area (Å²) in [6, 6.07) is 4.28. The van der Waals surface area contributed by atoms with Gasteiger partial charge >= 0.3 is 12.0 Å². The number of halogens is 1. The first-order valence-corrected chi connectivity index (χ1v) is 6.32. The van der Waals surface area contributed by atoms with Crippen LogP contribution in [0.1, 0.15) is 12.5 Å². The highest BCUT2D eigenvalue weighted by molar-refractivity contribution is 9.10. The van der Waals surface area contributed by atoms with Crippen LogP contribution < -0.4 is 10.6 Å². The predicted molar refractivity (Wildman–Crippen MR) is 74.1 cm³/mol. The zero-order chi connectivity index (χ0) is 15.3. The summed E-state index contributed by atoms with van der Waals surface area (Å²) in [5, 5.41) is 31.5. The lowest BCUT2D eigenvalue weighted by Gasteiger charge is -2.17. The fourth-order valence-electron chi connectivity index (χ4n) is 1.41. The van der Waals surface area contributed by atoms with E-state index in [1.807, 2.05) is 6.07 Å². The molecular formula is C12H12BrN3O4. The van der Waals surface area contributed by atoms with Crippen molar-refractivity contribution in [1.82, 2.24) is 5.32 Å². The van der Waals surface area contributed by atoms with E-state index in [2.05, 4.69) is 26.6 Å². The monoisotopic (exact) mass is 341 g/mol. The number of rotatable bonds is 4. The van der Waals surface area contributed by atoms with Gasteiger partial charge in [0, 0.05) is 4.47 Å². The van der Waals surface area contributed by atoms with Crippen LogP contribution >= 0.6 is 15.9 Å². The van der Waals surface area contributed by atoms with Crippen LogP contribution in [0.2, 0.25) is 0 Å². The molecule has 0 heterocycles. The lowest BCUT2D eigenvalue weighted by molar-refractivity contribution is -0.141. The number of aliphatic hydroxyl groups is 1. The molecular weight excluding hydrogens is 330 g/mol. The van der Waals surface area contributed by atoms with E-state index in [1.165, 1.54) is 19.1 Å². The number of benzene rings is 1. The Bertz CT molecular complexity index is 568. The zero-order valence-corrected chi connectivity index (χ0v) is 12.0. The normalized spacial score (nSPS) is 12.9. The van der Waals surface area contributed by atoms with Gasteiger partial charge in [-0.05, 0) is 25.1 Å². The number of anilines is 1. The molecule has 0 radical (unpaired) electrons. The number of nitriles is 1. The number of carboxylic acids is 1. The first kappa shape index (κ1) is 15.9. The molecule has 0 aliphatic rings. The Kier molecular flexibility index (Phi) is 5.49. The van der Waals surface area contributed by atoms with Crippen molar-refractivity contribution < 1.29 is 19.8 Å². The van der Waals surface area contributed by atoms with Gasteiger partial charge in [-0.3, -0.25) is 0 Å². The van der Waals surface area contributed by atoms with E-state index in [0.29, 0.717) is 4.47 Å². The highest BCUT2D eigenvalue weighted by Crippen LogP contribution is 2.20. The molecule has 1 aromatic carbocycles. The SMILES string of the molecule is C[C@@H](O)[C@H](NC(=O)Nc1cc(Br)ccc1C#N)C(=O)O. The van der Waals surface area contributed by atoms with E-state index in [0.717, 1.165) is 0 Å². The van der Waals surface area contributed by atoms with Gasteiger partial charge in [0.15, 0.2) is 6.04 Å². The molecule has 0 spiro atoms. The van der Waals surface area contributed by atoms with E-state index >= 15 is 0 Å². The smallest absolute Gasteiger partial charge is 0.328 e. The van der Waals surface area contributed by atoms with E-state index in [1.54, 1.807) is 6.07 Å². The minimum absolute atomic E-state index is 0.229. The summed E-state index contributed by atoms with van der Waals surface area (Å²) in [6.45, 7) is 1.25. The number of hydrogen-bond donors (Lipinski definition) is 4. The number of carbonyl (C=O) groups is 2. The second-order valence-electron chi connectivity index (χ2n) is 3.96. The van der Waals surface area contributed by atoms with Crippen LogP contribution in [0, 0.1) is 11.3 Å². The average molecular weight is 342 g/mol. The number of aliphatic carboxylic acids is 1. The Labute approximate surface area is 123 Å². The molecule has 0 fully saturated rings. The van der Waals surface area contributed by atoms with Crippen molar-refractivity contribution in [2.45, 2.75) is 19.1 Å². The van der Waals surface area contributed by atoms with Crippen molar-refractivity contribution in [2.24, 2.45) is 0 Å². The molecule has 0 saturated carbocycles. The Balaban J connectivity index is 2.84. The van der Waals surface area contributed by atoms with Gasteiger partial charge < -0.3 is 20.8 Å². The number of carboxylic acid groups (broad SMARTS) is 1. The lowest BCUT2D eigenvalue weighted by Crippen LogP contribution is -2.49. The summed E-state index contributed by atoms with van der Waals surface area (Å²) < 4.78 is 0.650. The first-order valence-electron chi connectivity index (χ1n) is 5.53. The Morgan fingerprint density at radius 1 is 1.45 bits per heavy atom. The van der Waals surface area contributed by atoms with Crippen molar-refractivity contribution in [1.29, 1.82) is 5.26 Å². The summed E-state index contributed by atoms with van der Waals surface area (Å²) in [7, 11) is 0. The quantitative estimate of drug-likeness (QED) is 0.656. The molecule has 4 N–H and O–H groups in total. The van der Waals surface area contributed by atoms with Gasteiger partial charge in [-0.1, -0.05) is 15.9 Å². The van der Waals surface area contributed by atoms with Crippen LogP contribution in [0.3, 0.4) is 0 Å². The number of hydrogen-bond acceptors (Lipinski definition) is 4. The van der Waals surface area contributed by atoms with Crippen LogP contribution in [-0.2, 0) is 4.79 Å². The molecule has 0 aliphatic heterocycles. The summed E-state index contributed by atoms with van der Waals surface area (Å²) in [5.41, 5.74) is 0.460. The fourth-order valence-corrected chi connectivity index (χ4v) is 1.77. The van der Waals surface area contributed by atoms with Gasteiger partial charge in [0.25, 0.3) is 0 Å². The molecule has 8 heteroatoms. The van der Waals surface area contributed by atoms with E-state index in [4.69, 9.17) is 10.4 Å². The summed E-state index contributed by atoms with van der Waals surface area (Å²) >= 11 is 3.20. The predicted octanol–water partition coefficient (Wildman–Crippen LogP) is 1.28. The maximum absolute atomic E-state index is 11.7. The van der Waals surface area contributed by atoms with E-state index < -0.39 is 24.1 Å². The number of aliphatic hydroxyl groups excluding tert-OH is 1. The van der Waals surface area contributed by atoms with Crippen molar-refractivity contribution in [3.05, 3.63) is 28.2 Å². The number of amides is 2. The molecule has 0 unspecified atom stereocenters. The number of nitrogens with zero attached hydrogens (tertiary/aromatic N) is 1. The third-order valence-electron chi connectivity index (χ3n) is 2.39. The first-order chi connectivity index (χ1) is 9.35. The molecule has 2 atom stereocenters. The van der Waals surface area contributed by atoms with Crippen LogP contribution in [0.25, 0.3) is 0 Å². The van der Waals surface area contributed by atoms with Gasteiger partial charge in [0.1, 0.15) is 6.07 Å². The summed E-state index contributed by atoms with van der Waals surface area (Å²) in [6.07, 6.45) is -1.25. The van der Waals surface area contributed by atoms with Gasteiger partial charge in [-0.15, -0.1) is 0 Å². The number of nitrogens with one attached hydrogen (secondary N) is 2. The molecule has 0 aromatic heterocycles. The van der Waals surface area contributed by atoms with Crippen molar-refractivity contribution >= 4 is 33.6 Å². The number of carbonyl (C=O) groups excluding carboxylic acids is 1. The molecule has 106 valence electrons. The Morgan fingerprint density at radius 3 is 2.60 bits per heavy atom. The highest BCUT2D eigenvalue weighted by Gasteiger charge is 2.25. The van der Waals surface area contributed by atoms with E-state index in [9.17, 15) is 14.7 Å². The zero-order valence-electron chi connectivity index (χ0n) is 10.4. The highest BCUT2D eigenvalue weighted by atomic mass is 79.9. The second kappa shape index (κ2) is 6.88. The molecule has 7 nitrogen and oxygen atoms in total. The minimum Gasteiger partial charge on any atom is -0.480 e. The maximum atomic E-state index is 11.7. The second-order valence-corrected chi connectivity index (χ2v) is 4.87. The third-order valence-corrected chi connectivity index (χ3v) is 2.88. The molecule has 0 saturated heterocycles. The minimum atomic E-state index is -1.44. The molecule has 2 amide bonds. The molecule has 1 aromatic rings. The molecule has 0 aliphatic carbocycles. The molecule has 20 heavy (non-hydrogen) atoms. The molecule has 0 bridgehead atoms. The Morgan fingerprint density at radius 2 is 2.10 bits per heavy atom. The fraction of sp³-hybridized carbons (Fsp3) is 0.250. The standard InChI is InChI=1S/C12H12BrN3O4/c1-6(17)10(11(18)19)16-12(20)15-9-4-8(13)3-2-7(9)5-14/h2-4,6,10,17H,1H3,(H,18,19)(H2,15,16,20)/t6-,10+/m1/s1. The van der Waals surface area contributed by atoms with Crippen molar-refractivity contribution in [3.8, 4) is 6.07 Å². The summed E-state index contributed by atoms with van der Waals surface area (Å²) in [4.78, 5) is 22.5. The van der Waals surface area contributed by atoms with Crippen LogP contribution in [0.15, 0.2) is 22.7 Å². The van der Waals surface area contributed by atoms with Gasteiger partial charge in [0.2, 0.25) is 0 Å². The van der Waals surface area contributed by atoms with Crippen LogP contribution in [-0.4, -0.2) is 34.4 Å². The number of urea groups is 1. The maximum Gasteiger partial charge on any atom is 0.328 e. The Hall–Kier alpha value is -2.11. The third kappa shape index (κ3) is 4.22. The van der Waals surface area contributed by atoms with E-state index in [-0.39, 0.29) is 11.3 Å². The lowest BCUT2D eigenvalue weighted by atomic mass is 10.2. The van der Waals surface area contributed by atoms with Crippen molar-refractivity contribution in [3.63, 3.8) is 0 Å². The van der Waals surface area contributed by atoms with Crippen LogP contribution in [0.4, 0.5) is 10.5 Å². The van der Waals surface area contributed by atoms with Gasteiger partial charge in [-0.25, -0.2) is 9.59 Å². The summed E-state index contributed by atoms with van der Waals surface area (Å²) in [5.74, 6) is -1.36. The largest absolute Gasteiger partial charge is 0.480 e. The average Bonchev–Trinajstić information content (AvgIpc) is 2.35. The van der Waals surface area contributed by atoms with Crippen LogP contribution in [0.5, 0.6) is 0 Å². The van der Waals surface area contributed by atoms with Gasteiger partial charge in [0.05, 0.1) is 17.4 Å². The van der Waals surface area contributed by atoms with Gasteiger partial charge in [-0.2, -0.15) is 5.26 Å².